The van der Waals surface area contributed by atoms with Crippen LogP contribution in [0.15, 0.2) is 77.9 Å². The fraction of sp³-hybridized carbons (Fsp3) is 0.111. The van der Waals surface area contributed by atoms with Crippen LogP contribution in [0.1, 0.15) is 16.7 Å². The number of para-hydroxylation sites is 2. The van der Waals surface area contributed by atoms with Crippen LogP contribution in [0.25, 0.3) is 38.9 Å². The lowest BCUT2D eigenvalue weighted by Crippen LogP contribution is -2.21. The van der Waals surface area contributed by atoms with Crippen molar-refractivity contribution in [3.05, 3.63) is 105 Å². The third-order valence-corrected chi connectivity index (χ3v) is 6.35. The van der Waals surface area contributed by atoms with Gasteiger partial charge in [-0.05, 0) is 60.9 Å². The Kier molecular flexibility index (Phi) is 4.71. The van der Waals surface area contributed by atoms with Crippen LogP contribution in [0.2, 0.25) is 5.02 Å². The van der Waals surface area contributed by atoms with E-state index in [1.165, 1.54) is 0 Å². The molecule has 0 N–H and O–H groups in total. The van der Waals surface area contributed by atoms with Gasteiger partial charge in [-0.1, -0.05) is 48.0 Å². The normalized spacial score (nSPS) is 11.6. The predicted molar refractivity (Wildman–Crippen MR) is 136 cm³/mol. The number of aryl methyl sites for hydroxylation is 2. The van der Waals surface area contributed by atoms with Crippen molar-refractivity contribution in [1.29, 1.82) is 0 Å². The molecule has 166 valence electrons. The summed E-state index contributed by atoms with van der Waals surface area (Å²) in [5.41, 5.74) is 7.15. The number of nitrogens with zero attached hydrogens (tertiary/aromatic N) is 5. The number of rotatable bonds is 3. The third-order valence-electron chi connectivity index (χ3n) is 6.10. The molecule has 6 aromatic rings. The van der Waals surface area contributed by atoms with Crippen LogP contribution in [0.3, 0.4) is 0 Å². The molecular formula is C27H20ClN5O. The average Bonchev–Trinajstić information content (AvgIpc) is 3.16. The lowest BCUT2D eigenvalue weighted by Gasteiger charge is -2.11. The Balaban J connectivity index is 1.70. The molecule has 0 saturated heterocycles. The van der Waals surface area contributed by atoms with E-state index >= 15 is 0 Å². The Bertz CT molecular complexity index is 1780. The van der Waals surface area contributed by atoms with Crippen LogP contribution < -0.4 is 5.56 Å². The molecular weight excluding hydrogens is 446 g/mol. The number of hydrogen-bond acceptors (Lipinski definition) is 4. The SMILES string of the molecule is Cc1ccc(C)c(-n2c3nc4ccccc4nc3c3c(=O)n(Cc4ccc(Cl)cc4)cnc32)c1. The van der Waals surface area contributed by atoms with Gasteiger partial charge < -0.3 is 0 Å². The van der Waals surface area contributed by atoms with Gasteiger partial charge in [0.25, 0.3) is 5.56 Å². The van der Waals surface area contributed by atoms with E-state index in [4.69, 9.17) is 26.6 Å². The van der Waals surface area contributed by atoms with Gasteiger partial charge >= 0.3 is 0 Å². The summed E-state index contributed by atoms with van der Waals surface area (Å²) in [7, 11) is 0. The summed E-state index contributed by atoms with van der Waals surface area (Å²) in [6.45, 7) is 4.48. The molecule has 0 saturated carbocycles. The van der Waals surface area contributed by atoms with E-state index in [0.29, 0.717) is 33.8 Å². The molecule has 6 rings (SSSR count). The van der Waals surface area contributed by atoms with E-state index in [-0.39, 0.29) is 5.56 Å². The minimum atomic E-state index is -0.154. The van der Waals surface area contributed by atoms with E-state index in [9.17, 15) is 4.79 Å². The van der Waals surface area contributed by atoms with Gasteiger partial charge in [0.1, 0.15) is 17.2 Å². The molecule has 0 aliphatic heterocycles. The molecule has 3 heterocycles. The minimum Gasteiger partial charge on any atom is -0.294 e. The molecule has 0 amide bonds. The number of benzene rings is 3. The van der Waals surface area contributed by atoms with Crippen LogP contribution in [0, 0.1) is 13.8 Å². The second kappa shape index (κ2) is 7.78. The van der Waals surface area contributed by atoms with Crippen LogP contribution in [-0.4, -0.2) is 24.1 Å². The van der Waals surface area contributed by atoms with Crippen LogP contribution >= 0.6 is 11.6 Å². The van der Waals surface area contributed by atoms with Gasteiger partial charge in [0.15, 0.2) is 11.3 Å². The van der Waals surface area contributed by atoms with Crippen molar-refractivity contribution in [1.82, 2.24) is 24.1 Å². The van der Waals surface area contributed by atoms with Gasteiger partial charge in [-0.2, -0.15) is 0 Å². The number of aromatic nitrogens is 5. The zero-order valence-electron chi connectivity index (χ0n) is 18.7. The van der Waals surface area contributed by atoms with Crippen molar-refractivity contribution in [3.8, 4) is 5.69 Å². The van der Waals surface area contributed by atoms with Crippen molar-refractivity contribution < 1.29 is 0 Å². The Morgan fingerprint density at radius 1 is 0.882 bits per heavy atom. The van der Waals surface area contributed by atoms with Crippen molar-refractivity contribution in [2.45, 2.75) is 20.4 Å². The Hall–Kier alpha value is -4.03. The van der Waals surface area contributed by atoms with E-state index in [0.717, 1.165) is 33.4 Å². The standard InChI is InChI=1S/C27H20ClN5O/c1-16-7-8-17(2)22(13-16)33-25-23(24-26(33)31-21-6-4-3-5-20(21)30-24)27(34)32(15-29-25)14-18-9-11-19(28)12-10-18/h3-13,15H,14H2,1-2H3. The molecule has 3 aromatic heterocycles. The molecule has 0 aliphatic carbocycles. The van der Waals surface area contributed by atoms with Gasteiger partial charge in [0.2, 0.25) is 0 Å². The largest absolute Gasteiger partial charge is 0.294 e. The molecule has 6 nitrogen and oxygen atoms in total. The topological polar surface area (TPSA) is 65.6 Å². The van der Waals surface area contributed by atoms with Gasteiger partial charge in [-0.25, -0.2) is 15.0 Å². The summed E-state index contributed by atoms with van der Waals surface area (Å²) in [4.78, 5) is 28.3. The molecule has 0 radical (unpaired) electrons. The van der Waals surface area contributed by atoms with Gasteiger partial charge in [-0.15, -0.1) is 0 Å². The van der Waals surface area contributed by atoms with Crippen molar-refractivity contribution in [2.24, 2.45) is 0 Å². The molecule has 0 unspecified atom stereocenters. The highest BCUT2D eigenvalue weighted by atomic mass is 35.5. The number of hydrogen-bond donors (Lipinski definition) is 0. The lowest BCUT2D eigenvalue weighted by atomic mass is 10.1. The fourth-order valence-electron chi connectivity index (χ4n) is 4.36. The summed E-state index contributed by atoms with van der Waals surface area (Å²) in [6.07, 6.45) is 1.60. The van der Waals surface area contributed by atoms with Crippen LogP contribution in [-0.2, 0) is 6.54 Å². The van der Waals surface area contributed by atoms with Crippen molar-refractivity contribution >= 4 is 44.8 Å². The van der Waals surface area contributed by atoms with Gasteiger partial charge in [0, 0.05) is 5.02 Å². The Morgan fingerprint density at radius 3 is 2.38 bits per heavy atom. The highest BCUT2D eigenvalue weighted by molar-refractivity contribution is 6.30. The quantitative estimate of drug-likeness (QED) is 0.341. The van der Waals surface area contributed by atoms with E-state index in [2.05, 4.69) is 18.2 Å². The van der Waals surface area contributed by atoms with Gasteiger partial charge in [0.05, 0.1) is 23.3 Å². The maximum absolute atomic E-state index is 13.8. The van der Waals surface area contributed by atoms with E-state index in [1.54, 1.807) is 10.9 Å². The van der Waals surface area contributed by atoms with E-state index < -0.39 is 0 Å². The molecule has 0 bridgehead atoms. The smallest absolute Gasteiger partial charge is 0.265 e. The monoisotopic (exact) mass is 465 g/mol. The fourth-order valence-corrected chi connectivity index (χ4v) is 4.49. The van der Waals surface area contributed by atoms with Crippen molar-refractivity contribution in [2.75, 3.05) is 0 Å². The minimum absolute atomic E-state index is 0.154. The summed E-state index contributed by atoms with van der Waals surface area (Å²) in [6, 6.07) is 21.4. The highest BCUT2D eigenvalue weighted by Gasteiger charge is 2.21. The first-order valence-corrected chi connectivity index (χ1v) is 11.4. The molecule has 7 heteroatoms. The molecule has 3 aromatic carbocycles. The number of fused-ring (bicyclic) bond motifs is 4. The van der Waals surface area contributed by atoms with Gasteiger partial charge in [-0.3, -0.25) is 13.9 Å². The zero-order valence-corrected chi connectivity index (χ0v) is 19.4. The first-order valence-electron chi connectivity index (χ1n) is 11.0. The van der Waals surface area contributed by atoms with E-state index in [1.807, 2.05) is 66.9 Å². The number of halogens is 1. The maximum Gasteiger partial charge on any atom is 0.265 e. The molecule has 0 fully saturated rings. The maximum atomic E-state index is 13.8. The molecule has 0 atom stereocenters. The summed E-state index contributed by atoms with van der Waals surface area (Å²) in [5, 5.41) is 1.12. The first-order chi connectivity index (χ1) is 16.5. The zero-order chi connectivity index (χ0) is 23.4. The molecule has 34 heavy (non-hydrogen) atoms. The van der Waals surface area contributed by atoms with Crippen LogP contribution in [0.5, 0.6) is 0 Å². The third kappa shape index (κ3) is 3.26. The first kappa shape index (κ1) is 20.6. The summed E-state index contributed by atoms with van der Waals surface area (Å²) < 4.78 is 3.57. The molecule has 0 spiro atoms. The second-order valence-electron chi connectivity index (χ2n) is 8.51. The van der Waals surface area contributed by atoms with Crippen LogP contribution in [0.4, 0.5) is 0 Å². The average molecular weight is 466 g/mol. The molecule has 0 aliphatic rings. The Morgan fingerprint density at radius 2 is 1.62 bits per heavy atom. The summed E-state index contributed by atoms with van der Waals surface area (Å²) in [5.74, 6) is 0. The summed E-state index contributed by atoms with van der Waals surface area (Å²) >= 11 is 6.02. The predicted octanol–water partition coefficient (Wildman–Crippen LogP) is 5.60. The Labute approximate surface area is 200 Å². The lowest BCUT2D eigenvalue weighted by molar-refractivity contribution is 0.747. The highest BCUT2D eigenvalue weighted by Crippen LogP contribution is 2.30. The second-order valence-corrected chi connectivity index (χ2v) is 8.95. The van der Waals surface area contributed by atoms with Crippen molar-refractivity contribution in [3.63, 3.8) is 0 Å².